The minimum absolute atomic E-state index is 0.126. The van der Waals surface area contributed by atoms with Crippen molar-refractivity contribution in [3.63, 3.8) is 0 Å². The molecule has 0 radical (unpaired) electrons. The van der Waals surface area contributed by atoms with E-state index in [1.54, 1.807) is 0 Å². The summed E-state index contributed by atoms with van der Waals surface area (Å²) in [5.74, 6) is 0.126. The standard InChI is InChI=1S/C5H7NO3/c6-5(8)9-4-1-3(7)2-4/h4H,1-2H2,(H2,6,8). The molecule has 1 fully saturated rings. The van der Waals surface area contributed by atoms with E-state index in [0.29, 0.717) is 12.8 Å². The van der Waals surface area contributed by atoms with Gasteiger partial charge in [-0.25, -0.2) is 4.79 Å². The minimum Gasteiger partial charge on any atom is -0.445 e. The van der Waals surface area contributed by atoms with E-state index in [9.17, 15) is 9.59 Å². The van der Waals surface area contributed by atoms with Crippen LogP contribution in [-0.4, -0.2) is 18.0 Å². The molecule has 0 aromatic heterocycles. The highest BCUT2D eigenvalue weighted by Gasteiger charge is 2.28. The molecule has 0 aromatic carbocycles. The van der Waals surface area contributed by atoms with E-state index >= 15 is 0 Å². The number of carbonyl (C=O) groups is 2. The van der Waals surface area contributed by atoms with Gasteiger partial charge in [0.05, 0.1) is 0 Å². The molecule has 1 saturated carbocycles. The Morgan fingerprint density at radius 2 is 2.22 bits per heavy atom. The number of rotatable bonds is 1. The van der Waals surface area contributed by atoms with Crippen molar-refractivity contribution in [3.05, 3.63) is 0 Å². The maximum absolute atomic E-state index is 10.3. The van der Waals surface area contributed by atoms with Crippen molar-refractivity contribution in [1.82, 2.24) is 0 Å². The molecule has 0 bridgehead atoms. The zero-order chi connectivity index (χ0) is 6.85. The number of Topliss-reactive ketones (excluding diaryl/α,β-unsaturated/α-hetero) is 1. The van der Waals surface area contributed by atoms with Gasteiger partial charge in [-0.15, -0.1) is 0 Å². The number of nitrogens with two attached hydrogens (primary N) is 1. The zero-order valence-corrected chi connectivity index (χ0v) is 4.79. The van der Waals surface area contributed by atoms with Crippen LogP contribution in [0.4, 0.5) is 4.79 Å². The van der Waals surface area contributed by atoms with Crippen LogP contribution in [0.5, 0.6) is 0 Å². The molecule has 1 amide bonds. The summed E-state index contributed by atoms with van der Waals surface area (Å²) in [6.45, 7) is 0. The normalized spacial score (nSPS) is 18.9. The monoisotopic (exact) mass is 129 g/mol. The van der Waals surface area contributed by atoms with Gasteiger partial charge in [0.2, 0.25) is 0 Å². The first kappa shape index (κ1) is 6.07. The van der Waals surface area contributed by atoms with Gasteiger partial charge in [-0.05, 0) is 0 Å². The van der Waals surface area contributed by atoms with Crippen LogP contribution >= 0.6 is 0 Å². The fourth-order valence-electron chi connectivity index (χ4n) is 0.696. The number of hydrogen-bond donors (Lipinski definition) is 1. The maximum Gasteiger partial charge on any atom is 0.404 e. The molecule has 0 spiro atoms. The smallest absolute Gasteiger partial charge is 0.404 e. The Hall–Kier alpha value is -1.06. The number of primary amides is 1. The summed E-state index contributed by atoms with van der Waals surface area (Å²) in [7, 11) is 0. The second-order valence-electron chi connectivity index (χ2n) is 2.01. The van der Waals surface area contributed by atoms with E-state index in [-0.39, 0.29) is 11.9 Å². The van der Waals surface area contributed by atoms with Crippen molar-refractivity contribution in [2.45, 2.75) is 18.9 Å². The summed E-state index contributed by atoms with van der Waals surface area (Å²) in [4.78, 5) is 20.3. The van der Waals surface area contributed by atoms with Gasteiger partial charge >= 0.3 is 6.09 Å². The Bertz CT molecular complexity index is 146. The van der Waals surface area contributed by atoms with Crippen molar-refractivity contribution in [3.8, 4) is 0 Å². The Morgan fingerprint density at radius 1 is 1.67 bits per heavy atom. The van der Waals surface area contributed by atoms with Crippen LogP contribution in [0.15, 0.2) is 0 Å². The van der Waals surface area contributed by atoms with Gasteiger partial charge in [0, 0.05) is 12.8 Å². The van der Waals surface area contributed by atoms with E-state index in [0.717, 1.165) is 0 Å². The van der Waals surface area contributed by atoms with Gasteiger partial charge in [-0.3, -0.25) is 4.79 Å². The number of carbonyl (C=O) groups excluding carboxylic acids is 2. The molecule has 0 saturated heterocycles. The van der Waals surface area contributed by atoms with E-state index < -0.39 is 6.09 Å². The van der Waals surface area contributed by atoms with Crippen LogP contribution in [0.3, 0.4) is 0 Å². The zero-order valence-electron chi connectivity index (χ0n) is 4.79. The first-order chi connectivity index (χ1) is 4.18. The predicted octanol–water partition coefficient (Wildman–Crippen LogP) is -0.187. The van der Waals surface area contributed by atoms with Gasteiger partial charge in [-0.1, -0.05) is 0 Å². The van der Waals surface area contributed by atoms with Crippen molar-refractivity contribution >= 4 is 11.9 Å². The molecule has 1 aliphatic rings. The molecule has 9 heavy (non-hydrogen) atoms. The Labute approximate surface area is 52.0 Å². The average molecular weight is 129 g/mol. The molecule has 0 heterocycles. The van der Waals surface area contributed by atoms with E-state index in [2.05, 4.69) is 10.5 Å². The van der Waals surface area contributed by atoms with E-state index in [1.807, 2.05) is 0 Å². The third-order valence-corrected chi connectivity index (χ3v) is 1.19. The summed E-state index contributed by atoms with van der Waals surface area (Å²) in [5.41, 5.74) is 4.68. The highest BCUT2D eigenvalue weighted by Crippen LogP contribution is 2.17. The third kappa shape index (κ3) is 1.42. The van der Waals surface area contributed by atoms with Crippen molar-refractivity contribution in [1.29, 1.82) is 0 Å². The fraction of sp³-hybridized carbons (Fsp3) is 0.600. The summed E-state index contributed by atoms with van der Waals surface area (Å²) in [6.07, 6.45) is -0.367. The van der Waals surface area contributed by atoms with Crippen LogP contribution in [0.25, 0.3) is 0 Å². The van der Waals surface area contributed by atoms with Gasteiger partial charge in [0.15, 0.2) is 0 Å². The minimum atomic E-state index is -0.799. The van der Waals surface area contributed by atoms with E-state index in [1.165, 1.54) is 0 Å². The van der Waals surface area contributed by atoms with Gasteiger partial charge in [0.1, 0.15) is 11.9 Å². The molecule has 4 heteroatoms. The molecular formula is C5H7NO3. The second kappa shape index (κ2) is 2.05. The summed E-state index contributed by atoms with van der Waals surface area (Å²) >= 11 is 0. The largest absolute Gasteiger partial charge is 0.445 e. The van der Waals surface area contributed by atoms with Crippen LogP contribution in [0, 0.1) is 0 Å². The SMILES string of the molecule is NC(=O)OC1CC(=O)C1. The predicted molar refractivity (Wildman–Crippen MR) is 28.7 cm³/mol. The van der Waals surface area contributed by atoms with Crippen molar-refractivity contribution in [2.75, 3.05) is 0 Å². The molecule has 50 valence electrons. The first-order valence-electron chi connectivity index (χ1n) is 2.66. The van der Waals surface area contributed by atoms with Gasteiger partial charge < -0.3 is 10.5 Å². The van der Waals surface area contributed by atoms with Crippen LogP contribution in [0.2, 0.25) is 0 Å². The molecule has 1 rings (SSSR count). The number of ether oxygens (including phenoxy) is 1. The van der Waals surface area contributed by atoms with Crippen LogP contribution < -0.4 is 5.73 Å². The molecule has 0 aromatic rings. The molecule has 2 N–H and O–H groups in total. The van der Waals surface area contributed by atoms with Gasteiger partial charge in [0.25, 0.3) is 0 Å². The van der Waals surface area contributed by atoms with Crippen LogP contribution in [0.1, 0.15) is 12.8 Å². The quantitative estimate of drug-likeness (QED) is 0.533. The number of hydrogen-bond acceptors (Lipinski definition) is 3. The summed E-state index contributed by atoms with van der Waals surface area (Å²) < 4.78 is 4.47. The lowest BCUT2D eigenvalue weighted by atomic mass is 9.94. The molecule has 0 unspecified atom stereocenters. The van der Waals surface area contributed by atoms with Crippen molar-refractivity contribution < 1.29 is 14.3 Å². The first-order valence-corrected chi connectivity index (χ1v) is 2.66. The third-order valence-electron chi connectivity index (χ3n) is 1.19. The molecular weight excluding hydrogens is 122 g/mol. The van der Waals surface area contributed by atoms with Crippen LogP contribution in [-0.2, 0) is 9.53 Å². The molecule has 4 nitrogen and oxygen atoms in total. The van der Waals surface area contributed by atoms with Crippen molar-refractivity contribution in [2.24, 2.45) is 5.73 Å². The van der Waals surface area contributed by atoms with Gasteiger partial charge in [-0.2, -0.15) is 0 Å². The Balaban J connectivity index is 2.18. The summed E-state index contributed by atoms with van der Waals surface area (Å²) in [6, 6.07) is 0. The summed E-state index contributed by atoms with van der Waals surface area (Å²) in [5, 5.41) is 0. The lowest BCUT2D eigenvalue weighted by Gasteiger charge is -2.22. The molecule has 1 aliphatic carbocycles. The molecule has 0 aliphatic heterocycles. The number of amides is 1. The fourth-order valence-corrected chi connectivity index (χ4v) is 0.696. The molecule has 0 atom stereocenters. The lowest BCUT2D eigenvalue weighted by molar-refractivity contribution is -0.130. The Kier molecular flexibility index (Phi) is 1.38. The van der Waals surface area contributed by atoms with E-state index in [4.69, 9.17) is 0 Å². The highest BCUT2D eigenvalue weighted by molar-refractivity contribution is 5.86. The topological polar surface area (TPSA) is 69.4 Å². The average Bonchev–Trinajstić information content (AvgIpc) is 1.60. The number of ketones is 1. The Morgan fingerprint density at radius 3 is 2.56 bits per heavy atom. The highest BCUT2D eigenvalue weighted by atomic mass is 16.6. The maximum atomic E-state index is 10.3. The second-order valence-corrected chi connectivity index (χ2v) is 2.01. The lowest BCUT2D eigenvalue weighted by Crippen LogP contribution is -2.34.